The maximum Gasteiger partial charge on any atom is 0.0704 e. The van der Waals surface area contributed by atoms with Gasteiger partial charge in [0.15, 0.2) is 0 Å². The lowest BCUT2D eigenvalue weighted by Gasteiger charge is -2.18. The normalized spacial score (nSPS) is 10.7. The van der Waals surface area contributed by atoms with E-state index in [1.165, 1.54) is 0 Å². The van der Waals surface area contributed by atoms with Crippen molar-refractivity contribution in [1.29, 1.82) is 0 Å². The van der Waals surface area contributed by atoms with Gasteiger partial charge in [0.25, 0.3) is 0 Å². The Morgan fingerprint density at radius 3 is 1.89 bits per heavy atom. The largest absolute Gasteiger partial charge is 0.394 e. The van der Waals surface area contributed by atoms with Crippen molar-refractivity contribution in [2.75, 3.05) is 13.2 Å². The zero-order valence-electron chi connectivity index (χ0n) is 6.18. The molecule has 0 bridgehead atoms. The molecule has 58 valence electrons. The van der Waals surface area contributed by atoms with Crippen LogP contribution in [0.4, 0.5) is 4.70 Å². The maximum atomic E-state index is 8.30. The predicted molar refractivity (Wildman–Crippen MR) is 35.3 cm³/mol. The maximum absolute atomic E-state index is 8.30. The Hall–Kier alpha value is -0.150. The monoisotopic (exact) mass is 138 g/mol. The van der Waals surface area contributed by atoms with Gasteiger partial charge in [0.1, 0.15) is 0 Å². The van der Waals surface area contributed by atoms with Crippen LogP contribution in [0.25, 0.3) is 0 Å². The molecule has 0 saturated heterocycles. The molecule has 0 atom stereocenters. The quantitative estimate of drug-likeness (QED) is 0.615. The van der Waals surface area contributed by atoms with Gasteiger partial charge in [-0.25, -0.2) is 0 Å². The number of rotatable bonds is 2. The summed E-state index contributed by atoms with van der Waals surface area (Å²) in [7, 11) is 0. The van der Waals surface area contributed by atoms with E-state index in [1.807, 2.05) is 20.8 Å². The molecule has 0 radical (unpaired) electrons. The molecule has 0 aromatic carbocycles. The van der Waals surface area contributed by atoms with Crippen molar-refractivity contribution in [3.63, 3.8) is 0 Å². The molecule has 0 spiro atoms. The summed E-state index contributed by atoms with van der Waals surface area (Å²) in [6, 6.07) is 0. The van der Waals surface area contributed by atoms with Crippen LogP contribution in [-0.2, 0) is 4.74 Å². The van der Waals surface area contributed by atoms with Gasteiger partial charge in [0.2, 0.25) is 0 Å². The third kappa shape index (κ3) is 11.4. The van der Waals surface area contributed by atoms with Crippen LogP contribution in [0.1, 0.15) is 20.8 Å². The smallest absolute Gasteiger partial charge is 0.0704 e. The minimum absolute atomic E-state index is 0. The molecule has 0 heterocycles. The summed E-state index contributed by atoms with van der Waals surface area (Å²) < 4.78 is 5.13. The third-order valence-corrected chi connectivity index (χ3v) is 0.626. The molecule has 0 rings (SSSR count). The van der Waals surface area contributed by atoms with Gasteiger partial charge in [0, 0.05) is 0 Å². The van der Waals surface area contributed by atoms with Crippen LogP contribution in [-0.4, -0.2) is 23.9 Å². The second kappa shape index (κ2) is 4.70. The van der Waals surface area contributed by atoms with E-state index in [2.05, 4.69) is 0 Å². The average Bonchev–Trinajstić information content (AvgIpc) is 1.59. The molecule has 0 aliphatic carbocycles. The van der Waals surface area contributed by atoms with E-state index in [4.69, 9.17) is 9.84 Å². The zero-order valence-corrected chi connectivity index (χ0v) is 6.18. The van der Waals surface area contributed by atoms with Crippen LogP contribution >= 0.6 is 0 Å². The molecule has 0 aromatic heterocycles. The van der Waals surface area contributed by atoms with Gasteiger partial charge >= 0.3 is 0 Å². The molecule has 9 heavy (non-hydrogen) atoms. The van der Waals surface area contributed by atoms with Crippen molar-refractivity contribution < 1.29 is 14.5 Å². The fourth-order valence-electron chi connectivity index (χ4n) is 0.352. The third-order valence-electron chi connectivity index (χ3n) is 0.626. The number of ether oxygens (including phenoxy) is 1. The van der Waals surface area contributed by atoms with Crippen LogP contribution in [0.5, 0.6) is 0 Å². The Morgan fingerprint density at radius 2 is 1.78 bits per heavy atom. The molecule has 0 aliphatic heterocycles. The minimum atomic E-state index is -0.108. The topological polar surface area (TPSA) is 29.5 Å². The van der Waals surface area contributed by atoms with Crippen molar-refractivity contribution in [2.24, 2.45) is 0 Å². The molecule has 0 amide bonds. The Morgan fingerprint density at radius 1 is 1.33 bits per heavy atom. The molecular formula is C6H15FO2. The summed E-state index contributed by atoms with van der Waals surface area (Å²) in [6.45, 7) is 6.43. The van der Waals surface area contributed by atoms with E-state index >= 15 is 0 Å². The fraction of sp³-hybridized carbons (Fsp3) is 1.00. The van der Waals surface area contributed by atoms with Crippen LogP contribution in [0.3, 0.4) is 0 Å². The first kappa shape index (κ1) is 11.6. The second-order valence-corrected chi connectivity index (χ2v) is 2.68. The van der Waals surface area contributed by atoms with E-state index in [9.17, 15) is 0 Å². The fourth-order valence-corrected chi connectivity index (χ4v) is 0.352. The summed E-state index contributed by atoms with van der Waals surface area (Å²) in [6.07, 6.45) is 0. The molecule has 0 aromatic rings. The highest BCUT2D eigenvalue weighted by Gasteiger charge is 2.07. The Kier molecular flexibility index (Phi) is 6.07. The van der Waals surface area contributed by atoms with Gasteiger partial charge in [0.05, 0.1) is 18.8 Å². The molecule has 0 fully saturated rings. The van der Waals surface area contributed by atoms with Crippen molar-refractivity contribution in [2.45, 2.75) is 26.4 Å². The van der Waals surface area contributed by atoms with Gasteiger partial charge in [-0.1, -0.05) is 0 Å². The van der Waals surface area contributed by atoms with Gasteiger partial charge in [-0.15, -0.1) is 0 Å². The molecular weight excluding hydrogens is 123 g/mol. The molecule has 2 nitrogen and oxygen atoms in total. The lowest BCUT2D eigenvalue weighted by atomic mass is 10.2. The van der Waals surface area contributed by atoms with E-state index in [1.54, 1.807) is 0 Å². The highest BCUT2D eigenvalue weighted by atomic mass is 19.0. The molecule has 1 N–H and O–H groups in total. The summed E-state index contributed by atoms with van der Waals surface area (Å²) >= 11 is 0. The van der Waals surface area contributed by atoms with Crippen LogP contribution in [0.15, 0.2) is 0 Å². The lowest BCUT2D eigenvalue weighted by Crippen LogP contribution is -2.20. The van der Waals surface area contributed by atoms with Gasteiger partial charge in [-0.05, 0) is 20.8 Å². The standard InChI is InChI=1S/C6H14O2.FH/c1-6(2,3)8-5-4-7;/h7H,4-5H2,1-3H3;1H. The molecule has 0 saturated carbocycles. The highest BCUT2D eigenvalue weighted by Crippen LogP contribution is 2.04. The van der Waals surface area contributed by atoms with Crippen LogP contribution in [0.2, 0.25) is 0 Å². The first-order chi connectivity index (χ1) is 3.56. The molecule has 0 unspecified atom stereocenters. The van der Waals surface area contributed by atoms with E-state index in [0.29, 0.717) is 6.61 Å². The van der Waals surface area contributed by atoms with E-state index in [0.717, 1.165) is 0 Å². The highest BCUT2D eigenvalue weighted by molar-refractivity contribution is 4.57. The second-order valence-electron chi connectivity index (χ2n) is 2.68. The number of hydrogen-bond acceptors (Lipinski definition) is 2. The van der Waals surface area contributed by atoms with Gasteiger partial charge in [-0.3, -0.25) is 4.70 Å². The first-order valence-electron chi connectivity index (χ1n) is 2.81. The van der Waals surface area contributed by atoms with E-state index in [-0.39, 0.29) is 16.9 Å². The summed E-state index contributed by atoms with van der Waals surface area (Å²) in [5.74, 6) is 0. The van der Waals surface area contributed by atoms with Crippen molar-refractivity contribution in [1.82, 2.24) is 0 Å². The number of hydrogen-bond donors (Lipinski definition) is 1. The summed E-state index contributed by atoms with van der Waals surface area (Å²) in [5.41, 5.74) is -0.108. The number of aliphatic hydroxyl groups is 1. The Labute approximate surface area is 55.2 Å². The number of aliphatic hydroxyl groups excluding tert-OH is 1. The Bertz CT molecular complexity index is 58.6. The minimum Gasteiger partial charge on any atom is -0.394 e. The average molecular weight is 138 g/mol. The Balaban J connectivity index is 0. The summed E-state index contributed by atoms with van der Waals surface area (Å²) in [4.78, 5) is 0. The van der Waals surface area contributed by atoms with E-state index < -0.39 is 0 Å². The number of halogens is 1. The lowest BCUT2D eigenvalue weighted by molar-refractivity contribution is -0.0199. The zero-order chi connectivity index (χ0) is 6.62. The van der Waals surface area contributed by atoms with Gasteiger partial charge < -0.3 is 9.84 Å². The van der Waals surface area contributed by atoms with Crippen molar-refractivity contribution in [3.05, 3.63) is 0 Å². The molecule has 0 aliphatic rings. The van der Waals surface area contributed by atoms with Crippen molar-refractivity contribution >= 4 is 0 Å². The predicted octanol–water partition coefficient (Wildman–Crippen LogP) is 0.946. The molecule has 3 heteroatoms. The summed E-state index contributed by atoms with van der Waals surface area (Å²) in [5, 5.41) is 8.30. The first-order valence-corrected chi connectivity index (χ1v) is 2.81. The van der Waals surface area contributed by atoms with Crippen LogP contribution in [0, 0.1) is 0 Å². The van der Waals surface area contributed by atoms with Gasteiger partial charge in [-0.2, -0.15) is 0 Å². The van der Waals surface area contributed by atoms with Crippen molar-refractivity contribution in [3.8, 4) is 0 Å². The SMILES string of the molecule is CC(C)(C)OCCO.F. The van der Waals surface area contributed by atoms with Crippen LogP contribution < -0.4 is 0 Å².